The van der Waals surface area contributed by atoms with Crippen molar-refractivity contribution in [3.63, 3.8) is 0 Å². The van der Waals surface area contributed by atoms with E-state index in [1.54, 1.807) is 23.9 Å². The second-order valence-corrected chi connectivity index (χ2v) is 10.6. The van der Waals surface area contributed by atoms with Crippen LogP contribution in [-0.4, -0.2) is 69.0 Å². The second kappa shape index (κ2) is 13.3. The summed E-state index contributed by atoms with van der Waals surface area (Å²) in [7, 11) is 0. The zero-order chi connectivity index (χ0) is 28.6. The summed E-state index contributed by atoms with van der Waals surface area (Å²) in [4.78, 5) is 27.9. The SMILES string of the molecule is CCOc1ccccc1N1CCN(C(=O)CCCSc2nnc(-c3ccc([N+](=O)[O-])cc3)n2-c2ccccc2)CC1. The smallest absolute Gasteiger partial charge is 0.269 e. The van der Waals surface area contributed by atoms with Gasteiger partial charge in [0.2, 0.25) is 5.91 Å². The molecule has 1 amide bonds. The number of carbonyl (C=O) groups is 1. The molecule has 41 heavy (non-hydrogen) atoms. The fourth-order valence-corrected chi connectivity index (χ4v) is 5.72. The number of ether oxygens (including phenoxy) is 1. The van der Waals surface area contributed by atoms with E-state index in [-0.39, 0.29) is 11.6 Å². The van der Waals surface area contributed by atoms with E-state index >= 15 is 0 Å². The van der Waals surface area contributed by atoms with Gasteiger partial charge in [-0.15, -0.1) is 10.2 Å². The number of nitro groups is 1. The molecule has 2 heterocycles. The van der Waals surface area contributed by atoms with Crippen molar-refractivity contribution in [3.8, 4) is 22.8 Å². The second-order valence-electron chi connectivity index (χ2n) is 9.50. The molecule has 11 heteroatoms. The zero-order valence-electron chi connectivity index (χ0n) is 22.9. The highest BCUT2D eigenvalue weighted by Crippen LogP contribution is 2.31. The topological polar surface area (TPSA) is 107 Å². The van der Waals surface area contributed by atoms with Crippen LogP contribution in [0.4, 0.5) is 11.4 Å². The van der Waals surface area contributed by atoms with E-state index in [4.69, 9.17) is 4.74 Å². The number of amides is 1. The lowest BCUT2D eigenvalue weighted by atomic mass is 10.2. The molecule has 1 saturated heterocycles. The van der Waals surface area contributed by atoms with Gasteiger partial charge in [0.1, 0.15) is 5.75 Å². The van der Waals surface area contributed by atoms with E-state index in [0.29, 0.717) is 49.3 Å². The number of nitrogens with zero attached hydrogens (tertiary/aromatic N) is 6. The van der Waals surface area contributed by atoms with Crippen LogP contribution in [0.1, 0.15) is 19.8 Å². The van der Waals surface area contributed by atoms with Crippen LogP contribution in [0.5, 0.6) is 5.75 Å². The third-order valence-electron chi connectivity index (χ3n) is 6.89. The molecular formula is C30H32N6O4S. The molecule has 0 saturated carbocycles. The molecule has 1 aliphatic rings. The van der Waals surface area contributed by atoms with Crippen molar-refractivity contribution in [2.75, 3.05) is 43.4 Å². The molecule has 4 aromatic rings. The number of thioether (sulfide) groups is 1. The van der Waals surface area contributed by atoms with Crippen LogP contribution in [-0.2, 0) is 4.79 Å². The minimum Gasteiger partial charge on any atom is -0.492 e. The summed E-state index contributed by atoms with van der Waals surface area (Å²) in [6.45, 7) is 5.52. The van der Waals surface area contributed by atoms with Crippen molar-refractivity contribution in [3.05, 3.63) is 89.0 Å². The molecule has 5 rings (SSSR count). The Labute approximate surface area is 243 Å². The highest BCUT2D eigenvalue weighted by molar-refractivity contribution is 7.99. The van der Waals surface area contributed by atoms with Crippen molar-refractivity contribution >= 4 is 29.0 Å². The van der Waals surface area contributed by atoms with Gasteiger partial charge >= 0.3 is 0 Å². The Bertz CT molecular complexity index is 1470. The number of non-ortho nitro benzene ring substituents is 1. The van der Waals surface area contributed by atoms with Gasteiger partial charge in [-0.05, 0) is 49.7 Å². The summed E-state index contributed by atoms with van der Waals surface area (Å²) in [5.41, 5.74) is 2.73. The van der Waals surface area contributed by atoms with Gasteiger partial charge in [-0.3, -0.25) is 19.5 Å². The maximum atomic E-state index is 13.0. The van der Waals surface area contributed by atoms with Crippen LogP contribution in [0.2, 0.25) is 0 Å². The molecule has 0 spiro atoms. The van der Waals surface area contributed by atoms with Gasteiger partial charge in [0.05, 0.1) is 17.2 Å². The Morgan fingerprint density at radius 2 is 1.66 bits per heavy atom. The summed E-state index contributed by atoms with van der Waals surface area (Å²) >= 11 is 1.55. The molecule has 1 aliphatic heterocycles. The molecule has 0 aliphatic carbocycles. The molecule has 0 unspecified atom stereocenters. The number of hydrogen-bond donors (Lipinski definition) is 0. The largest absolute Gasteiger partial charge is 0.492 e. The molecule has 0 atom stereocenters. The molecule has 3 aromatic carbocycles. The summed E-state index contributed by atoms with van der Waals surface area (Å²) in [5, 5.41) is 20.6. The number of hydrogen-bond acceptors (Lipinski definition) is 8. The minimum absolute atomic E-state index is 0.0236. The van der Waals surface area contributed by atoms with Gasteiger partial charge in [-0.1, -0.05) is 42.1 Å². The molecule has 0 bridgehead atoms. The van der Waals surface area contributed by atoms with E-state index in [0.717, 1.165) is 35.8 Å². The molecule has 10 nitrogen and oxygen atoms in total. The minimum atomic E-state index is -0.421. The van der Waals surface area contributed by atoms with Crippen LogP contribution in [0.25, 0.3) is 17.1 Å². The number of piperazine rings is 1. The van der Waals surface area contributed by atoms with E-state index in [1.807, 2.05) is 64.9 Å². The van der Waals surface area contributed by atoms with Gasteiger partial charge in [-0.25, -0.2) is 0 Å². The van der Waals surface area contributed by atoms with Crippen LogP contribution in [0, 0.1) is 10.1 Å². The number of anilines is 1. The highest BCUT2D eigenvalue weighted by atomic mass is 32.2. The fraction of sp³-hybridized carbons (Fsp3) is 0.300. The molecule has 0 N–H and O–H groups in total. The lowest BCUT2D eigenvalue weighted by Gasteiger charge is -2.36. The summed E-state index contributed by atoms with van der Waals surface area (Å²) in [5.74, 6) is 2.36. The summed E-state index contributed by atoms with van der Waals surface area (Å²) in [6, 6.07) is 24.1. The number of nitro benzene ring substituents is 1. The summed E-state index contributed by atoms with van der Waals surface area (Å²) < 4.78 is 7.73. The molecular weight excluding hydrogens is 540 g/mol. The van der Waals surface area contributed by atoms with E-state index in [2.05, 4.69) is 21.2 Å². The Balaban J connectivity index is 1.18. The predicted octanol–water partition coefficient (Wildman–Crippen LogP) is 5.46. The molecule has 0 radical (unpaired) electrons. The van der Waals surface area contributed by atoms with Gasteiger partial charge in [0.15, 0.2) is 11.0 Å². The van der Waals surface area contributed by atoms with Gasteiger partial charge in [0.25, 0.3) is 5.69 Å². The van der Waals surface area contributed by atoms with Crippen molar-refractivity contribution in [1.82, 2.24) is 19.7 Å². The Morgan fingerprint density at radius 1 is 0.951 bits per heavy atom. The normalized spacial score (nSPS) is 13.3. The van der Waals surface area contributed by atoms with E-state index in [1.165, 1.54) is 12.1 Å². The van der Waals surface area contributed by atoms with E-state index in [9.17, 15) is 14.9 Å². The maximum absolute atomic E-state index is 13.0. The lowest BCUT2D eigenvalue weighted by Crippen LogP contribution is -2.48. The van der Waals surface area contributed by atoms with Crippen molar-refractivity contribution in [2.24, 2.45) is 0 Å². The van der Waals surface area contributed by atoms with Crippen molar-refractivity contribution < 1.29 is 14.5 Å². The van der Waals surface area contributed by atoms with Gasteiger partial charge in [-0.2, -0.15) is 0 Å². The first-order valence-corrected chi connectivity index (χ1v) is 14.7. The van der Waals surface area contributed by atoms with Crippen LogP contribution < -0.4 is 9.64 Å². The Kier molecular flexibility index (Phi) is 9.15. The first-order valence-electron chi connectivity index (χ1n) is 13.7. The third kappa shape index (κ3) is 6.68. The Hall–Kier alpha value is -4.38. The average molecular weight is 573 g/mol. The fourth-order valence-electron chi connectivity index (χ4n) is 4.83. The number of aromatic nitrogens is 3. The Morgan fingerprint density at radius 3 is 2.37 bits per heavy atom. The standard InChI is InChI=1S/C30H32N6O4S/c1-2-40-27-12-7-6-11-26(27)33-18-20-34(21-19-33)28(37)13-8-22-41-30-32-31-29(35(30)24-9-4-3-5-10-24)23-14-16-25(17-15-23)36(38)39/h3-7,9-12,14-17H,2,8,13,18-22H2,1H3. The molecule has 212 valence electrons. The number of para-hydroxylation sites is 3. The van der Waals surface area contributed by atoms with Crippen LogP contribution >= 0.6 is 11.8 Å². The van der Waals surface area contributed by atoms with Crippen LogP contribution in [0.3, 0.4) is 0 Å². The average Bonchev–Trinajstić information content (AvgIpc) is 3.44. The van der Waals surface area contributed by atoms with E-state index < -0.39 is 4.92 Å². The van der Waals surface area contributed by atoms with Gasteiger partial charge < -0.3 is 14.5 Å². The van der Waals surface area contributed by atoms with Crippen molar-refractivity contribution in [2.45, 2.75) is 24.9 Å². The molecule has 1 aromatic heterocycles. The first-order chi connectivity index (χ1) is 20.0. The van der Waals surface area contributed by atoms with Gasteiger partial charge in [0, 0.05) is 61.7 Å². The third-order valence-corrected chi connectivity index (χ3v) is 7.90. The van der Waals surface area contributed by atoms with Crippen molar-refractivity contribution in [1.29, 1.82) is 0 Å². The summed E-state index contributed by atoms with van der Waals surface area (Å²) in [6.07, 6.45) is 1.18. The maximum Gasteiger partial charge on any atom is 0.269 e. The number of rotatable bonds is 11. The monoisotopic (exact) mass is 572 g/mol. The quantitative estimate of drug-likeness (QED) is 0.101. The highest BCUT2D eigenvalue weighted by Gasteiger charge is 2.23. The predicted molar refractivity (Wildman–Crippen MR) is 160 cm³/mol. The molecule has 1 fully saturated rings. The number of benzene rings is 3. The first kappa shape index (κ1) is 28.2. The zero-order valence-corrected chi connectivity index (χ0v) is 23.7. The lowest BCUT2D eigenvalue weighted by molar-refractivity contribution is -0.384. The van der Waals surface area contributed by atoms with Crippen LogP contribution in [0.15, 0.2) is 84.0 Å². The number of carbonyl (C=O) groups excluding carboxylic acids is 1.